The number of nitrogens with one attached hydrogen (secondary N) is 2. The highest BCUT2D eigenvalue weighted by molar-refractivity contribution is 6.31. The molecule has 0 aliphatic heterocycles. The molecule has 23 heavy (non-hydrogen) atoms. The molecule has 2 aromatic carbocycles. The molecule has 122 valence electrons. The number of rotatable bonds is 6. The van der Waals surface area contributed by atoms with Crippen molar-refractivity contribution in [2.45, 2.75) is 19.7 Å². The van der Waals surface area contributed by atoms with E-state index in [1.54, 1.807) is 14.2 Å². The number of nitrogens with zero attached hydrogens (tertiary/aromatic N) is 1. The van der Waals surface area contributed by atoms with Gasteiger partial charge in [-0.3, -0.25) is 4.99 Å². The fourth-order valence-electron chi connectivity index (χ4n) is 2.15. The van der Waals surface area contributed by atoms with E-state index >= 15 is 0 Å². The zero-order chi connectivity index (χ0) is 16.5. The number of aliphatic imine (C=N–C) groups is 1. The van der Waals surface area contributed by atoms with Gasteiger partial charge in [-0.05, 0) is 22.8 Å². The van der Waals surface area contributed by atoms with Gasteiger partial charge in [-0.2, -0.15) is 0 Å². The summed E-state index contributed by atoms with van der Waals surface area (Å²) >= 11 is 6.15. The molecular formula is C18H22ClN3O. The third kappa shape index (κ3) is 5.58. The van der Waals surface area contributed by atoms with Crippen molar-refractivity contribution >= 4 is 17.6 Å². The normalized spacial score (nSPS) is 11.3. The van der Waals surface area contributed by atoms with Gasteiger partial charge < -0.3 is 15.4 Å². The van der Waals surface area contributed by atoms with E-state index in [2.05, 4.69) is 39.9 Å². The Balaban J connectivity index is 1.84. The van der Waals surface area contributed by atoms with Gasteiger partial charge in [0.25, 0.3) is 0 Å². The zero-order valence-corrected chi connectivity index (χ0v) is 14.2. The maximum absolute atomic E-state index is 6.15. The molecule has 4 nitrogen and oxygen atoms in total. The SMILES string of the molecule is CN=C(NCc1ccc(COC)cc1)NCc1ccccc1Cl. The van der Waals surface area contributed by atoms with Crippen LogP contribution in [0.2, 0.25) is 5.02 Å². The Labute approximate surface area is 142 Å². The van der Waals surface area contributed by atoms with Gasteiger partial charge in [0.05, 0.1) is 6.61 Å². The molecule has 0 bridgehead atoms. The molecule has 0 atom stereocenters. The molecule has 0 aromatic heterocycles. The quantitative estimate of drug-likeness (QED) is 0.630. The first-order chi connectivity index (χ1) is 11.2. The minimum Gasteiger partial charge on any atom is -0.380 e. The lowest BCUT2D eigenvalue weighted by molar-refractivity contribution is 0.185. The van der Waals surface area contributed by atoms with E-state index in [0.717, 1.165) is 22.1 Å². The summed E-state index contributed by atoms with van der Waals surface area (Å²) in [6.45, 7) is 1.97. The minimum absolute atomic E-state index is 0.631. The van der Waals surface area contributed by atoms with Crippen molar-refractivity contribution in [3.8, 4) is 0 Å². The smallest absolute Gasteiger partial charge is 0.191 e. The molecule has 0 saturated heterocycles. The predicted molar refractivity (Wildman–Crippen MR) is 95.6 cm³/mol. The number of ether oxygens (including phenoxy) is 1. The van der Waals surface area contributed by atoms with Crippen molar-refractivity contribution in [2.75, 3.05) is 14.2 Å². The topological polar surface area (TPSA) is 45.7 Å². The fourth-order valence-corrected chi connectivity index (χ4v) is 2.35. The van der Waals surface area contributed by atoms with Crippen LogP contribution in [0, 0.1) is 0 Å². The molecule has 0 aliphatic carbocycles. The summed E-state index contributed by atoms with van der Waals surface area (Å²) < 4.78 is 5.11. The highest BCUT2D eigenvalue weighted by Crippen LogP contribution is 2.14. The van der Waals surface area contributed by atoms with Gasteiger partial charge in [0.15, 0.2) is 5.96 Å². The second-order valence-electron chi connectivity index (χ2n) is 5.12. The van der Waals surface area contributed by atoms with Crippen molar-refractivity contribution in [2.24, 2.45) is 4.99 Å². The summed E-state index contributed by atoms with van der Waals surface area (Å²) in [5, 5.41) is 7.31. The molecule has 0 spiro atoms. The van der Waals surface area contributed by atoms with Crippen LogP contribution in [0.1, 0.15) is 16.7 Å². The monoisotopic (exact) mass is 331 g/mol. The Bertz CT molecular complexity index is 641. The summed E-state index contributed by atoms with van der Waals surface area (Å²) in [6, 6.07) is 16.1. The lowest BCUT2D eigenvalue weighted by Gasteiger charge is -2.13. The van der Waals surface area contributed by atoms with E-state index in [-0.39, 0.29) is 0 Å². The van der Waals surface area contributed by atoms with Crippen LogP contribution in [0.5, 0.6) is 0 Å². The number of guanidine groups is 1. The predicted octanol–water partition coefficient (Wildman–Crippen LogP) is 3.35. The average Bonchev–Trinajstić information content (AvgIpc) is 2.58. The van der Waals surface area contributed by atoms with E-state index in [9.17, 15) is 0 Å². The van der Waals surface area contributed by atoms with Crippen LogP contribution in [-0.2, 0) is 24.4 Å². The molecule has 0 radical (unpaired) electrons. The van der Waals surface area contributed by atoms with Gasteiger partial charge in [0, 0.05) is 32.3 Å². The number of methoxy groups -OCH3 is 1. The van der Waals surface area contributed by atoms with E-state index in [1.165, 1.54) is 5.56 Å². The zero-order valence-electron chi connectivity index (χ0n) is 13.5. The second kappa shape index (κ2) is 9.18. The van der Waals surface area contributed by atoms with Crippen molar-refractivity contribution in [1.82, 2.24) is 10.6 Å². The van der Waals surface area contributed by atoms with Crippen LogP contribution in [0.4, 0.5) is 0 Å². The van der Waals surface area contributed by atoms with Gasteiger partial charge in [-0.25, -0.2) is 0 Å². The van der Waals surface area contributed by atoms with Crippen molar-refractivity contribution < 1.29 is 4.74 Å². The van der Waals surface area contributed by atoms with Crippen LogP contribution in [0.3, 0.4) is 0 Å². The molecule has 0 aliphatic rings. The molecule has 2 aromatic rings. The van der Waals surface area contributed by atoms with Crippen LogP contribution in [0.15, 0.2) is 53.5 Å². The van der Waals surface area contributed by atoms with Gasteiger partial charge in [0.1, 0.15) is 0 Å². The molecular weight excluding hydrogens is 310 g/mol. The lowest BCUT2D eigenvalue weighted by Crippen LogP contribution is -2.36. The molecule has 0 heterocycles. The average molecular weight is 332 g/mol. The second-order valence-corrected chi connectivity index (χ2v) is 5.53. The third-order valence-electron chi connectivity index (χ3n) is 3.42. The summed E-state index contributed by atoms with van der Waals surface area (Å²) in [7, 11) is 3.45. The third-order valence-corrected chi connectivity index (χ3v) is 3.79. The molecule has 5 heteroatoms. The lowest BCUT2D eigenvalue weighted by atomic mass is 10.1. The van der Waals surface area contributed by atoms with Crippen molar-refractivity contribution in [1.29, 1.82) is 0 Å². The van der Waals surface area contributed by atoms with Crippen molar-refractivity contribution in [3.05, 3.63) is 70.2 Å². The molecule has 0 fully saturated rings. The molecule has 0 unspecified atom stereocenters. The Morgan fingerprint density at radius 3 is 2.30 bits per heavy atom. The molecule has 2 rings (SSSR count). The first-order valence-electron chi connectivity index (χ1n) is 7.47. The summed E-state index contributed by atoms with van der Waals surface area (Å²) in [4.78, 5) is 4.23. The van der Waals surface area contributed by atoms with E-state index in [1.807, 2.05) is 24.3 Å². The highest BCUT2D eigenvalue weighted by Gasteiger charge is 2.02. The Hall–Kier alpha value is -2.04. The van der Waals surface area contributed by atoms with Crippen LogP contribution < -0.4 is 10.6 Å². The van der Waals surface area contributed by atoms with Crippen LogP contribution >= 0.6 is 11.6 Å². The van der Waals surface area contributed by atoms with Gasteiger partial charge >= 0.3 is 0 Å². The molecule has 2 N–H and O–H groups in total. The van der Waals surface area contributed by atoms with E-state index in [0.29, 0.717) is 19.7 Å². The van der Waals surface area contributed by atoms with Gasteiger partial charge in [0.2, 0.25) is 0 Å². The number of hydrogen-bond donors (Lipinski definition) is 2. The van der Waals surface area contributed by atoms with E-state index < -0.39 is 0 Å². The number of hydrogen-bond acceptors (Lipinski definition) is 2. The minimum atomic E-state index is 0.631. The maximum Gasteiger partial charge on any atom is 0.191 e. The number of benzene rings is 2. The fraction of sp³-hybridized carbons (Fsp3) is 0.278. The maximum atomic E-state index is 6.15. The van der Waals surface area contributed by atoms with Crippen molar-refractivity contribution in [3.63, 3.8) is 0 Å². The van der Waals surface area contributed by atoms with Crippen LogP contribution in [0.25, 0.3) is 0 Å². The highest BCUT2D eigenvalue weighted by atomic mass is 35.5. The molecule has 0 saturated carbocycles. The summed E-state index contributed by atoms with van der Waals surface area (Å²) in [5.74, 6) is 0.742. The Morgan fingerprint density at radius 1 is 1.00 bits per heavy atom. The van der Waals surface area contributed by atoms with E-state index in [4.69, 9.17) is 16.3 Å². The van der Waals surface area contributed by atoms with Gasteiger partial charge in [-0.1, -0.05) is 54.1 Å². The standard InChI is InChI=1S/C18H22ClN3O/c1-20-18(22-12-16-5-3-4-6-17(16)19)21-11-14-7-9-15(10-8-14)13-23-2/h3-10H,11-13H2,1-2H3,(H2,20,21,22). The number of halogens is 1. The largest absolute Gasteiger partial charge is 0.380 e. The van der Waals surface area contributed by atoms with Gasteiger partial charge in [-0.15, -0.1) is 0 Å². The summed E-state index contributed by atoms with van der Waals surface area (Å²) in [6.07, 6.45) is 0. The first-order valence-corrected chi connectivity index (χ1v) is 7.85. The Morgan fingerprint density at radius 2 is 1.65 bits per heavy atom. The summed E-state index contributed by atoms with van der Waals surface area (Å²) in [5.41, 5.74) is 3.39. The first kappa shape index (κ1) is 17.3. The van der Waals surface area contributed by atoms with Crippen LogP contribution in [-0.4, -0.2) is 20.1 Å². The Kier molecular flexibility index (Phi) is 6.91. The molecule has 0 amide bonds.